The summed E-state index contributed by atoms with van der Waals surface area (Å²) in [6, 6.07) is 8.78. The fourth-order valence-electron chi connectivity index (χ4n) is 1.98. The molecule has 0 radical (unpaired) electrons. The number of nitrogens with one attached hydrogen (secondary N) is 1. The first-order valence-electron chi connectivity index (χ1n) is 6.59. The molecule has 2 heterocycles. The van der Waals surface area contributed by atoms with Crippen molar-refractivity contribution in [3.63, 3.8) is 0 Å². The molecule has 0 atom stereocenters. The van der Waals surface area contributed by atoms with Crippen molar-refractivity contribution in [3.05, 3.63) is 64.4 Å². The minimum atomic E-state index is -0.315. The Kier molecular flexibility index (Phi) is 5.73. The van der Waals surface area contributed by atoms with Gasteiger partial charge in [0.2, 0.25) is 0 Å². The first-order valence-corrected chi connectivity index (χ1v) is 6.96. The summed E-state index contributed by atoms with van der Waals surface area (Å²) >= 11 is 5.96. The van der Waals surface area contributed by atoms with Gasteiger partial charge in [0, 0.05) is 28.6 Å². The van der Waals surface area contributed by atoms with E-state index in [1.165, 1.54) is 6.20 Å². The Balaban J connectivity index is 0.00000192. The third kappa shape index (κ3) is 4.31. The summed E-state index contributed by atoms with van der Waals surface area (Å²) in [6.45, 7) is 0.390. The Bertz CT molecular complexity index is 761. The SMILES string of the molecule is Cl.O=C(N/N=C/C1=Cc2cc(Cl)ccc2OC1)c1cccnc1. The smallest absolute Gasteiger partial charge is 0.272 e. The topological polar surface area (TPSA) is 63.6 Å². The minimum Gasteiger partial charge on any atom is -0.488 e. The zero-order valence-corrected chi connectivity index (χ0v) is 13.5. The van der Waals surface area contributed by atoms with E-state index in [-0.39, 0.29) is 18.3 Å². The molecule has 1 aliphatic rings. The molecule has 1 N–H and O–H groups in total. The van der Waals surface area contributed by atoms with Crippen LogP contribution in [0, 0.1) is 0 Å². The van der Waals surface area contributed by atoms with Crippen LogP contribution in [0.15, 0.2) is 53.4 Å². The highest BCUT2D eigenvalue weighted by Crippen LogP contribution is 2.28. The van der Waals surface area contributed by atoms with Gasteiger partial charge >= 0.3 is 0 Å². The van der Waals surface area contributed by atoms with Crippen molar-refractivity contribution in [2.75, 3.05) is 6.61 Å². The Morgan fingerprint density at radius 2 is 2.26 bits per heavy atom. The maximum absolute atomic E-state index is 11.8. The Morgan fingerprint density at radius 3 is 3.04 bits per heavy atom. The summed E-state index contributed by atoms with van der Waals surface area (Å²) in [5.74, 6) is 0.464. The maximum Gasteiger partial charge on any atom is 0.272 e. The normalized spacial score (nSPS) is 12.7. The minimum absolute atomic E-state index is 0. The van der Waals surface area contributed by atoms with Crippen LogP contribution in [-0.2, 0) is 0 Å². The molecule has 5 nitrogen and oxygen atoms in total. The third-order valence-corrected chi connectivity index (χ3v) is 3.26. The quantitative estimate of drug-likeness (QED) is 0.682. The lowest BCUT2D eigenvalue weighted by atomic mass is 10.1. The van der Waals surface area contributed by atoms with Gasteiger partial charge in [-0.2, -0.15) is 5.10 Å². The van der Waals surface area contributed by atoms with Gasteiger partial charge in [-0.15, -0.1) is 12.4 Å². The highest BCUT2D eigenvalue weighted by molar-refractivity contribution is 6.30. The summed E-state index contributed by atoms with van der Waals surface area (Å²) in [7, 11) is 0. The third-order valence-electron chi connectivity index (χ3n) is 3.03. The molecule has 1 aliphatic heterocycles. The van der Waals surface area contributed by atoms with Gasteiger partial charge < -0.3 is 4.74 Å². The molecule has 3 rings (SSSR count). The van der Waals surface area contributed by atoms with Crippen LogP contribution in [0.25, 0.3) is 6.08 Å². The van der Waals surface area contributed by atoms with Crippen LogP contribution >= 0.6 is 24.0 Å². The van der Waals surface area contributed by atoms with Crippen LogP contribution in [0.1, 0.15) is 15.9 Å². The molecule has 0 aliphatic carbocycles. The van der Waals surface area contributed by atoms with Crippen molar-refractivity contribution in [1.82, 2.24) is 10.4 Å². The van der Waals surface area contributed by atoms with E-state index in [1.54, 1.807) is 30.6 Å². The second kappa shape index (κ2) is 7.76. The fourth-order valence-corrected chi connectivity index (χ4v) is 2.16. The lowest BCUT2D eigenvalue weighted by Gasteiger charge is -2.15. The van der Waals surface area contributed by atoms with E-state index in [4.69, 9.17) is 16.3 Å². The zero-order chi connectivity index (χ0) is 15.4. The van der Waals surface area contributed by atoms with E-state index in [0.717, 1.165) is 16.9 Å². The molecule has 0 spiro atoms. The van der Waals surface area contributed by atoms with Crippen LogP contribution in [0.3, 0.4) is 0 Å². The number of hydrogen-bond acceptors (Lipinski definition) is 4. The predicted octanol–water partition coefficient (Wildman–Crippen LogP) is 3.35. The summed E-state index contributed by atoms with van der Waals surface area (Å²) in [5.41, 5.74) is 4.62. The molecular formula is C16H13Cl2N3O2. The average molecular weight is 350 g/mol. The lowest BCUT2D eigenvalue weighted by molar-refractivity contribution is 0.0954. The van der Waals surface area contributed by atoms with Crippen LogP contribution < -0.4 is 10.2 Å². The number of halogens is 2. The van der Waals surface area contributed by atoms with Crippen molar-refractivity contribution < 1.29 is 9.53 Å². The van der Waals surface area contributed by atoms with E-state index in [9.17, 15) is 4.79 Å². The molecule has 0 bridgehead atoms. The highest BCUT2D eigenvalue weighted by Gasteiger charge is 2.10. The number of hydrogen-bond donors (Lipinski definition) is 1. The van der Waals surface area contributed by atoms with Crippen LogP contribution in [-0.4, -0.2) is 23.7 Å². The van der Waals surface area contributed by atoms with Crippen LogP contribution in [0.4, 0.5) is 0 Å². The standard InChI is InChI=1S/C16H12ClN3O2.ClH/c17-14-3-4-15-13(7-14)6-11(10-22-15)8-19-20-16(21)12-2-1-5-18-9-12;/h1-9H,10H2,(H,20,21);1H/b19-8+;. The van der Waals surface area contributed by atoms with Gasteiger partial charge in [-0.25, -0.2) is 5.43 Å². The molecule has 0 fully saturated rings. The van der Waals surface area contributed by atoms with Crippen molar-refractivity contribution >= 4 is 42.2 Å². The molecule has 2 aromatic rings. The number of ether oxygens (including phenoxy) is 1. The van der Waals surface area contributed by atoms with E-state index >= 15 is 0 Å². The number of hydrazone groups is 1. The number of aromatic nitrogens is 1. The molecule has 1 amide bonds. The molecule has 0 saturated carbocycles. The summed E-state index contributed by atoms with van der Waals surface area (Å²) in [6.07, 6.45) is 6.56. The van der Waals surface area contributed by atoms with Gasteiger partial charge in [0.05, 0.1) is 11.8 Å². The molecule has 1 aromatic carbocycles. The Labute approximate surface area is 144 Å². The van der Waals surface area contributed by atoms with Gasteiger partial charge in [0.1, 0.15) is 12.4 Å². The van der Waals surface area contributed by atoms with Crippen molar-refractivity contribution in [1.29, 1.82) is 0 Å². The molecule has 7 heteroatoms. The first-order chi connectivity index (χ1) is 10.7. The van der Waals surface area contributed by atoms with Crippen LogP contribution in [0.5, 0.6) is 5.75 Å². The summed E-state index contributed by atoms with van der Waals surface area (Å²) < 4.78 is 5.59. The van der Waals surface area contributed by atoms with Gasteiger partial charge in [-0.05, 0) is 36.4 Å². The average Bonchev–Trinajstić information content (AvgIpc) is 2.55. The zero-order valence-electron chi connectivity index (χ0n) is 11.9. The van der Waals surface area contributed by atoms with Gasteiger partial charge in [-0.1, -0.05) is 11.6 Å². The van der Waals surface area contributed by atoms with E-state index in [1.807, 2.05) is 18.2 Å². The number of rotatable bonds is 3. The summed E-state index contributed by atoms with van der Waals surface area (Å²) in [4.78, 5) is 15.7. The number of amides is 1. The monoisotopic (exact) mass is 349 g/mol. The Hall–Kier alpha value is -2.37. The molecular weight excluding hydrogens is 337 g/mol. The van der Waals surface area contributed by atoms with Crippen LogP contribution in [0.2, 0.25) is 5.02 Å². The van der Waals surface area contributed by atoms with E-state index in [2.05, 4.69) is 15.5 Å². The number of carbonyl (C=O) groups excluding carboxylic acids is 1. The molecule has 118 valence electrons. The number of pyridine rings is 1. The maximum atomic E-state index is 11.8. The van der Waals surface area contributed by atoms with E-state index < -0.39 is 0 Å². The molecule has 1 aromatic heterocycles. The molecule has 0 unspecified atom stereocenters. The first kappa shape index (κ1) is 17.0. The summed E-state index contributed by atoms with van der Waals surface area (Å²) in [5, 5.41) is 4.57. The van der Waals surface area contributed by atoms with Gasteiger partial charge in [0.25, 0.3) is 5.91 Å². The second-order valence-electron chi connectivity index (χ2n) is 4.63. The lowest BCUT2D eigenvalue weighted by Crippen LogP contribution is -2.18. The van der Waals surface area contributed by atoms with Gasteiger partial charge in [0.15, 0.2) is 0 Å². The second-order valence-corrected chi connectivity index (χ2v) is 5.07. The van der Waals surface area contributed by atoms with Crippen molar-refractivity contribution in [3.8, 4) is 5.75 Å². The highest BCUT2D eigenvalue weighted by atomic mass is 35.5. The Morgan fingerprint density at radius 1 is 1.39 bits per heavy atom. The van der Waals surface area contributed by atoms with Crippen molar-refractivity contribution in [2.45, 2.75) is 0 Å². The molecule has 23 heavy (non-hydrogen) atoms. The predicted molar refractivity (Wildman–Crippen MR) is 92.4 cm³/mol. The van der Waals surface area contributed by atoms with Gasteiger partial charge in [-0.3, -0.25) is 9.78 Å². The fraction of sp³-hybridized carbons (Fsp3) is 0.0625. The van der Waals surface area contributed by atoms with Crippen molar-refractivity contribution in [2.24, 2.45) is 5.10 Å². The number of benzene rings is 1. The van der Waals surface area contributed by atoms with E-state index in [0.29, 0.717) is 17.2 Å². The largest absolute Gasteiger partial charge is 0.488 e. The number of fused-ring (bicyclic) bond motifs is 1. The number of carbonyl (C=O) groups is 1. The number of nitrogens with zero attached hydrogens (tertiary/aromatic N) is 2. The molecule has 0 saturated heterocycles.